The van der Waals surface area contributed by atoms with E-state index in [1.165, 1.54) is 4.31 Å². The molecule has 0 saturated carbocycles. The zero-order valence-electron chi connectivity index (χ0n) is 11.2. The van der Waals surface area contributed by atoms with Crippen LogP contribution in [0.4, 0.5) is 0 Å². The van der Waals surface area contributed by atoms with E-state index in [1.807, 2.05) is 4.57 Å². The van der Waals surface area contributed by atoms with Crippen LogP contribution in [0.2, 0.25) is 0 Å². The van der Waals surface area contributed by atoms with Crippen LogP contribution in [0.5, 0.6) is 0 Å². The molecule has 0 N–H and O–H groups in total. The van der Waals surface area contributed by atoms with Gasteiger partial charge in [-0.05, 0) is 18.8 Å². The molecule has 2 aliphatic heterocycles. The maximum absolute atomic E-state index is 12.7. The fraction of sp³-hybridized carbons (Fsp3) is 0.818. The predicted octanol–water partition coefficient (Wildman–Crippen LogP) is 0.289. The number of alkyl halides is 1. The van der Waals surface area contributed by atoms with Crippen molar-refractivity contribution in [1.82, 2.24) is 23.4 Å². The van der Waals surface area contributed by atoms with Crippen molar-refractivity contribution in [3.05, 3.63) is 12.2 Å². The van der Waals surface area contributed by atoms with E-state index in [4.69, 9.17) is 11.6 Å². The summed E-state index contributed by atoms with van der Waals surface area (Å²) >= 11 is 5.88. The van der Waals surface area contributed by atoms with E-state index in [-0.39, 0.29) is 5.92 Å². The molecular weight excluding hydrogens is 302 g/mol. The molecule has 0 bridgehead atoms. The number of nitrogens with zero attached hydrogens (tertiary/aromatic N) is 5. The SMILES string of the molecule is O=S(=O)(N1CCn2cnnc2C1)N1CCCC(CCl)C1. The van der Waals surface area contributed by atoms with Crippen molar-refractivity contribution in [3.8, 4) is 0 Å². The van der Waals surface area contributed by atoms with Gasteiger partial charge in [-0.15, -0.1) is 21.8 Å². The minimum absolute atomic E-state index is 0.258. The summed E-state index contributed by atoms with van der Waals surface area (Å²) in [7, 11) is -3.42. The molecule has 0 aromatic carbocycles. The highest BCUT2D eigenvalue weighted by Gasteiger charge is 2.35. The lowest BCUT2D eigenvalue weighted by molar-refractivity contribution is 0.245. The lowest BCUT2D eigenvalue weighted by atomic mass is 10.0. The van der Waals surface area contributed by atoms with Gasteiger partial charge in [0, 0.05) is 32.1 Å². The van der Waals surface area contributed by atoms with Gasteiger partial charge >= 0.3 is 0 Å². The molecule has 1 fully saturated rings. The first-order valence-corrected chi connectivity index (χ1v) is 8.72. The Morgan fingerprint density at radius 1 is 1.30 bits per heavy atom. The van der Waals surface area contributed by atoms with E-state index in [9.17, 15) is 8.42 Å². The number of hydrogen-bond acceptors (Lipinski definition) is 4. The third-order valence-electron chi connectivity index (χ3n) is 3.96. The zero-order valence-corrected chi connectivity index (χ0v) is 12.7. The van der Waals surface area contributed by atoms with Gasteiger partial charge in [-0.3, -0.25) is 0 Å². The van der Waals surface area contributed by atoms with Crippen LogP contribution < -0.4 is 0 Å². The van der Waals surface area contributed by atoms with Crippen molar-refractivity contribution in [1.29, 1.82) is 0 Å². The largest absolute Gasteiger partial charge is 0.315 e. The van der Waals surface area contributed by atoms with Gasteiger partial charge in [-0.25, -0.2) is 0 Å². The predicted molar refractivity (Wildman–Crippen MR) is 74.4 cm³/mol. The lowest BCUT2D eigenvalue weighted by Crippen LogP contribution is -2.50. The van der Waals surface area contributed by atoms with E-state index >= 15 is 0 Å². The van der Waals surface area contributed by atoms with Crippen LogP contribution in [-0.4, -0.2) is 57.3 Å². The lowest BCUT2D eigenvalue weighted by Gasteiger charge is -2.36. The monoisotopic (exact) mass is 319 g/mol. The Morgan fingerprint density at radius 3 is 2.95 bits per heavy atom. The van der Waals surface area contributed by atoms with E-state index in [1.54, 1.807) is 10.6 Å². The first-order chi connectivity index (χ1) is 9.61. The summed E-state index contributed by atoms with van der Waals surface area (Å²) < 4.78 is 30.3. The summed E-state index contributed by atoms with van der Waals surface area (Å²) in [4.78, 5) is 0. The van der Waals surface area contributed by atoms with Gasteiger partial charge in [0.25, 0.3) is 10.2 Å². The quantitative estimate of drug-likeness (QED) is 0.751. The van der Waals surface area contributed by atoms with Crippen molar-refractivity contribution in [3.63, 3.8) is 0 Å². The minimum Gasteiger partial charge on any atom is -0.315 e. The van der Waals surface area contributed by atoms with Crippen LogP contribution >= 0.6 is 11.6 Å². The third kappa shape index (κ3) is 2.57. The second-order valence-corrected chi connectivity index (χ2v) is 7.54. The number of rotatable bonds is 3. The molecule has 7 nitrogen and oxygen atoms in total. The molecule has 3 heterocycles. The van der Waals surface area contributed by atoms with Crippen molar-refractivity contribution >= 4 is 21.8 Å². The smallest absolute Gasteiger partial charge is 0.282 e. The maximum Gasteiger partial charge on any atom is 0.282 e. The molecule has 0 aliphatic carbocycles. The fourth-order valence-corrected chi connectivity index (χ4v) is 4.70. The molecule has 1 aromatic heterocycles. The number of hydrogen-bond donors (Lipinski definition) is 0. The van der Waals surface area contributed by atoms with Gasteiger partial charge in [0.15, 0.2) is 0 Å². The summed E-state index contributed by atoms with van der Waals surface area (Å²) in [6.07, 6.45) is 3.52. The summed E-state index contributed by atoms with van der Waals surface area (Å²) in [5, 5.41) is 7.78. The molecule has 112 valence electrons. The molecule has 0 radical (unpaired) electrons. The van der Waals surface area contributed by atoms with Crippen LogP contribution in [0.3, 0.4) is 0 Å². The zero-order chi connectivity index (χ0) is 14.2. The molecule has 1 unspecified atom stereocenters. The summed E-state index contributed by atoms with van der Waals surface area (Å²) in [6, 6.07) is 0. The average Bonchev–Trinajstić information content (AvgIpc) is 2.94. The summed E-state index contributed by atoms with van der Waals surface area (Å²) in [5.41, 5.74) is 0. The molecule has 1 atom stereocenters. The topological polar surface area (TPSA) is 71.3 Å². The number of fused-ring (bicyclic) bond motifs is 1. The first-order valence-electron chi connectivity index (χ1n) is 6.79. The number of piperidine rings is 1. The van der Waals surface area contributed by atoms with Crippen LogP contribution in [0.15, 0.2) is 6.33 Å². The Bertz CT molecular complexity index is 575. The highest BCUT2D eigenvalue weighted by molar-refractivity contribution is 7.86. The van der Waals surface area contributed by atoms with Gasteiger partial charge in [0.05, 0.1) is 6.54 Å². The Hall–Kier alpha value is -0.700. The van der Waals surface area contributed by atoms with Crippen molar-refractivity contribution < 1.29 is 8.42 Å². The van der Waals surface area contributed by atoms with E-state index in [0.717, 1.165) is 12.8 Å². The maximum atomic E-state index is 12.7. The van der Waals surface area contributed by atoms with Crippen LogP contribution in [0.1, 0.15) is 18.7 Å². The fourth-order valence-electron chi connectivity index (χ4n) is 2.77. The summed E-state index contributed by atoms with van der Waals surface area (Å²) in [5.74, 6) is 1.47. The van der Waals surface area contributed by atoms with Crippen molar-refractivity contribution in [2.24, 2.45) is 5.92 Å². The van der Waals surface area contributed by atoms with Gasteiger partial charge in [0.1, 0.15) is 12.2 Å². The van der Waals surface area contributed by atoms with Gasteiger partial charge in [0.2, 0.25) is 0 Å². The molecular formula is C11H18ClN5O2S. The minimum atomic E-state index is -3.42. The second-order valence-electron chi connectivity index (χ2n) is 5.30. The van der Waals surface area contributed by atoms with E-state index in [0.29, 0.717) is 44.4 Å². The first kappa shape index (κ1) is 14.2. The Labute approximate surface area is 123 Å². The van der Waals surface area contributed by atoms with Crippen LogP contribution in [0, 0.1) is 5.92 Å². The molecule has 3 rings (SSSR count). The van der Waals surface area contributed by atoms with Crippen LogP contribution in [0.25, 0.3) is 0 Å². The van der Waals surface area contributed by atoms with E-state index in [2.05, 4.69) is 10.2 Å². The van der Waals surface area contributed by atoms with Gasteiger partial charge in [-0.1, -0.05) is 0 Å². The normalized spacial score (nSPS) is 25.6. The number of aromatic nitrogens is 3. The molecule has 1 aromatic rings. The van der Waals surface area contributed by atoms with Gasteiger partial charge in [-0.2, -0.15) is 17.0 Å². The second kappa shape index (κ2) is 5.59. The molecule has 2 aliphatic rings. The number of halogens is 1. The Kier molecular flexibility index (Phi) is 3.98. The Balaban J connectivity index is 1.75. The molecule has 9 heteroatoms. The van der Waals surface area contributed by atoms with E-state index < -0.39 is 10.2 Å². The molecule has 1 saturated heterocycles. The highest BCUT2D eigenvalue weighted by atomic mass is 35.5. The molecule has 0 amide bonds. The summed E-state index contributed by atoms with van der Waals surface area (Å²) in [6.45, 7) is 2.47. The highest BCUT2D eigenvalue weighted by Crippen LogP contribution is 2.24. The van der Waals surface area contributed by atoms with Gasteiger partial charge < -0.3 is 4.57 Å². The third-order valence-corrected chi connectivity index (χ3v) is 6.34. The Morgan fingerprint density at radius 2 is 2.15 bits per heavy atom. The van der Waals surface area contributed by atoms with Crippen molar-refractivity contribution in [2.45, 2.75) is 25.9 Å². The molecule has 0 spiro atoms. The standard InChI is InChI=1S/C11H18ClN5O2S/c12-6-10-2-1-3-16(7-10)20(18,19)17-5-4-15-9-13-14-11(15)8-17/h9-10H,1-8H2. The van der Waals surface area contributed by atoms with Crippen molar-refractivity contribution in [2.75, 3.05) is 25.5 Å². The average molecular weight is 320 g/mol. The molecule has 20 heavy (non-hydrogen) atoms. The van der Waals surface area contributed by atoms with Crippen LogP contribution in [-0.2, 0) is 23.3 Å².